The number of benzene rings is 1. The molecule has 0 aliphatic rings. The average molecular weight is 319 g/mol. The first-order valence-corrected chi connectivity index (χ1v) is 7.69. The maximum Gasteiger partial charge on any atom is 0.337 e. The summed E-state index contributed by atoms with van der Waals surface area (Å²) in [6.07, 6.45) is 0. The molecule has 8 heteroatoms. The Kier molecular flexibility index (Phi) is 5.82. The number of hydrogen-bond donors (Lipinski definition) is 1. The van der Waals surface area contributed by atoms with Crippen LogP contribution in [0.3, 0.4) is 0 Å². The zero-order chi connectivity index (χ0) is 16.2. The van der Waals surface area contributed by atoms with Gasteiger partial charge in [-0.05, 0) is 32.0 Å². The molecule has 0 radical (unpaired) electrons. The number of sulfonamides is 1. The summed E-state index contributed by atoms with van der Waals surface area (Å²) in [7, 11) is -2.71. The lowest BCUT2D eigenvalue weighted by molar-refractivity contribution is 0.0692. The Morgan fingerprint density at radius 3 is 2.52 bits per heavy atom. The summed E-state index contributed by atoms with van der Waals surface area (Å²) < 4.78 is 44.5. The van der Waals surface area contributed by atoms with E-state index in [0.717, 1.165) is 22.5 Å². The summed E-state index contributed by atoms with van der Waals surface area (Å²) in [5, 5.41) is 9.09. The second kappa shape index (κ2) is 6.97. The van der Waals surface area contributed by atoms with Crippen LogP contribution in [-0.4, -0.2) is 50.1 Å². The molecule has 118 valence electrons. The van der Waals surface area contributed by atoms with Gasteiger partial charge in [0.2, 0.25) is 10.0 Å². The number of nitrogens with zero attached hydrogens (tertiary/aromatic N) is 1. The molecule has 0 unspecified atom stereocenters. The van der Waals surface area contributed by atoms with E-state index in [1.165, 1.54) is 7.11 Å². The van der Waals surface area contributed by atoms with Gasteiger partial charge in [-0.2, -0.15) is 4.31 Å². The summed E-state index contributed by atoms with van der Waals surface area (Å²) >= 11 is 0. The first-order valence-electron chi connectivity index (χ1n) is 6.25. The number of carbonyl (C=O) groups is 1. The Balaban J connectivity index is 3.40. The SMILES string of the molecule is COCCN(C(C)C)S(=O)(=O)c1cc(F)ccc1C(=O)O. The van der Waals surface area contributed by atoms with Crippen molar-refractivity contribution in [1.82, 2.24) is 4.31 Å². The molecule has 0 saturated heterocycles. The number of aromatic carboxylic acids is 1. The Bertz CT molecular complexity index is 615. The molecule has 0 bridgehead atoms. The summed E-state index contributed by atoms with van der Waals surface area (Å²) in [4.78, 5) is 10.6. The highest BCUT2D eigenvalue weighted by Crippen LogP contribution is 2.23. The maximum atomic E-state index is 13.4. The van der Waals surface area contributed by atoms with Crippen molar-refractivity contribution in [2.45, 2.75) is 24.8 Å². The maximum absolute atomic E-state index is 13.4. The summed E-state index contributed by atoms with van der Waals surface area (Å²) in [6.45, 7) is 3.49. The molecule has 6 nitrogen and oxygen atoms in total. The van der Waals surface area contributed by atoms with Crippen LogP contribution in [0.5, 0.6) is 0 Å². The predicted octanol–water partition coefficient (Wildman–Crippen LogP) is 1.57. The smallest absolute Gasteiger partial charge is 0.337 e. The van der Waals surface area contributed by atoms with Gasteiger partial charge in [0.05, 0.1) is 17.1 Å². The van der Waals surface area contributed by atoms with Crippen LogP contribution in [-0.2, 0) is 14.8 Å². The van der Waals surface area contributed by atoms with Crippen LogP contribution in [0.1, 0.15) is 24.2 Å². The zero-order valence-electron chi connectivity index (χ0n) is 12.0. The first kappa shape index (κ1) is 17.5. The third-order valence-electron chi connectivity index (χ3n) is 2.85. The van der Waals surface area contributed by atoms with Crippen molar-refractivity contribution >= 4 is 16.0 Å². The average Bonchev–Trinajstić information content (AvgIpc) is 2.38. The second-order valence-corrected chi connectivity index (χ2v) is 6.51. The number of hydrogen-bond acceptors (Lipinski definition) is 4. The van der Waals surface area contributed by atoms with Gasteiger partial charge in [0.1, 0.15) is 5.82 Å². The lowest BCUT2D eigenvalue weighted by Crippen LogP contribution is -2.39. The zero-order valence-corrected chi connectivity index (χ0v) is 12.9. The van der Waals surface area contributed by atoms with Crippen molar-refractivity contribution in [3.8, 4) is 0 Å². The van der Waals surface area contributed by atoms with Crippen LogP contribution in [0.15, 0.2) is 23.1 Å². The van der Waals surface area contributed by atoms with Gasteiger partial charge < -0.3 is 9.84 Å². The predicted molar refractivity (Wildman–Crippen MR) is 74.3 cm³/mol. The third-order valence-corrected chi connectivity index (χ3v) is 4.97. The minimum Gasteiger partial charge on any atom is -0.478 e. The number of methoxy groups -OCH3 is 1. The van der Waals surface area contributed by atoms with Crippen LogP contribution in [0, 0.1) is 5.82 Å². The molecule has 0 heterocycles. The lowest BCUT2D eigenvalue weighted by Gasteiger charge is -2.26. The molecular formula is C13H18FNO5S. The van der Waals surface area contributed by atoms with Gasteiger partial charge in [-0.15, -0.1) is 0 Å². The number of halogens is 1. The Morgan fingerprint density at radius 1 is 1.43 bits per heavy atom. The van der Waals surface area contributed by atoms with E-state index in [0.29, 0.717) is 0 Å². The summed E-state index contributed by atoms with van der Waals surface area (Å²) in [5.74, 6) is -2.24. The van der Waals surface area contributed by atoms with Gasteiger partial charge in [-0.1, -0.05) is 0 Å². The van der Waals surface area contributed by atoms with Gasteiger partial charge in [-0.3, -0.25) is 0 Å². The van der Waals surface area contributed by atoms with E-state index in [1.54, 1.807) is 13.8 Å². The minimum atomic E-state index is -4.14. The fourth-order valence-corrected chi connectivity index (χ4v) is 3.67. The fourth-order valence-electron chi connectivity index (χ4n) is 1.85. The molecule has 1 N–H and O–H groups in total. The second-order valence-electron chi connectivity index (χ2n) is 4.65. The molecule has 1 rings (SSSR count). The topological polar surface area (TPSA) is 83.9 Å². The van der Waals surface area contributed by atoms with Crippen molar-refractivity contribution in [1.29, 1.82) is 0 Å². The van der Waals surface area contributed by atoms with Crippen LogP contribution in [0.4, 0.5) is 4.39 Å². The molecule has 0 spiro atoms. The van der Waals surface area contributed by atoms with Gasteiger partial charge in [0.25, 0.3) is 0 Å². The van der Waals surface area contributed by atoms with Crippen LogP contribution < -0.4 is 0 Å². The first-order chi connectivity index (χ1) is 9.71. The molecule has 0 aliphatic heterocycles. The molecular weight excluding hydrogens is 301 g/mol. The highest BCUT2D eigenvalue weighted by molar-refractivity contribution is 7.89. The highest BCUT2D eigenvalue weighted by Gasteiger charge is 2.31. The van der Waals surface area contributed by atoms with Gasteiger partial charge in [0.15, 0.2) is 0 Å². The fraction of sp³-hybridized carbons (Fsp3) is 0.462. The van der Waals surface area contributed by atoms with Crippen molar-refractivity contribution < 1.29 is 27.4 Å². The molecule has 21 heavy (non-hydrogen) atoms. The number of carboxylic acid groups (broad SMARTS) is 1. The van der Waals surface area contributed by atoms with E-state index in [9.17, 15) is 17.6 Å². The molecule has 0 atom stereocenters. The Morgan fingerprint density at radius 2 is 2.05 bits per heavy atom. The van der Waals surface area contributed by atoms with E-state index in [-0.39, 0.29) is 13.2 Å². The van der Waals surface area contributed by atoms with Gasteiger partial charge in [0, 0.05) is 19.7 Å². The molecule has 0 amide bonds. The monoisotopic (exact) mass is 319 g/mol. The van der Waals surface area contributed by atoms with Gasteiger partial charge >= 0.3 is 5.97 Å². The van der Waals surface area contributed by atoms with Gasteiger partial charge in [-0.25, -0.2) is 17.6 Å². The van der Waals surface area contributed by atoms with Crippen molar-refractivity contribution in [2.24, 2.45) is 0 Å². The third kappa shape index (κ3) is 3.99. The highest BCUT2D eigenvalue weighted by atomic mass is 32.2. The van der Waals surface area contributed by atoms with E-state index < -0.39 is 38.3 Å². The molecule has 0 saturated carbocycles. The van der Waals surface area contributed by atoms with Crippen LogP contribution in [0.25, 0.3) is 0 Å². The molecule has 0 aromatic heterocycles. The largest absolute Gasteiger partial charge is 0.478 e. The number of rotatable bonds is 7. The van der Waals surface area contributed by atoms with E-state index in [2.05, 4.69) is 0 Å². The summed E-state index contributed by atoms with van der Waals surface area (Å²) in [5.41, 5.74) is -0.459. The molecule has 1 aromatic carbocycles. The number of ether oxygens (including phenoxy) is 1. The van der Waals surface area contributed by atoms with Crippen molar-refractivity contribution in [3.05, 3.63) is 29.6 Å². The van der Waals surface area contributed by atoms with Crippen molar-refractivity contribution in [2.75, 3.05) is 20.3 Å². The Hall–Kier alpha value is -1.51. The normalized spacial score (nSPS) is 12.1. The number of carboxylic acids is 1. The van der Waals surface area contributed by atoms with E-state index in [4.69, 9.17) is 9.84 Å². The van der Waals surface area contributed by atoms with Crippen LogP contribution >= 0.6 is 0 Å². The summed E-state index contributed by atoms with van der Waals surface area (Å²) in [6, 6.07) is 2.16. The quantitative estimate of drug-likeness (QED) is 0.824. The minimum absolute atomic E-state index is 0.0477. The molecule has 0 aliphatic carbocycles. The molecule has 0 fully saturated rings. The van der Waals surface area contributed by atoms with Crippen molar-refractivity contribution in [3.63, 3.8) is 0 Å². The Labute approximate surface area is 123 Å². The standard InChI is InChI=1S/C13H18FNO5S/c1-9(2)15(6-7-20-3)21(18,19)12-8-10(14)4-5-11(12)13(16)17/h4-5,8-9H,6-7H2,1-3H3,(H,16,17). The lowest BCUT2D eigenvalue weighted by atomic mass is 10.2. The molecule has 1 aromatic rings. The van der Waals surface area contributed by atoms with E-state index in [1.807, 2.05) is 0 Å². The van der Waals surface area contributed by atoms with Crippen LogP contribution in [0.2, 0.25) is 0 Å². The van der Waals surface area contributed by atoms with E-state index >= 15 is 0 Å².